The van der Waals surface area contributed by atoms with Gasteiger partial charge in [0.15, 0.2) is 0 Å². The highest BCUT2D eigenvalue weighted by Crippen LogP contribution is 2.33. The molecule has 0 spiro atoms. The van der Waals surface area contributed by atoms with E-state index in [2.05, 4.69) is 10.4 Å². The molecule has 1 fully saturated rings. The Labute approximate surface area is 227 Å². The molecule has 0 unspecified atom stereocenters. The van der Waals surface area contributed by atoms with E-state index >= 15 is 0 Å². The Morgan fingerprint density at radius 3 is 2.36 bits per heavy atom. The molecule has 11 heteroatoms. The van der Waals surface area contributed by atoms with Gasteiger partial charge in [0, 0.05) is 30.5 Å². The van der Waals surface area contributed by atoms with Crippen molar-refractivity contribution in [2.45, 2.75) is 56.0 Å². The van der Waals surface area contributed by atoms with Crippen LogP contribution in [0.2, 0.25) is 0 Å². The van der Waals surface area contributed by atoms with Gasteiger partial charge in [-0.25, -0.2) is 12.7 Å². The predicted octanol–water partition coefficient (Wildman–Crippen LogP) is 3.10. The Morgan fingerprint density at radius 2 is 1.72 bits per heavy atom. The van der Waals surface area contributed by atoms with Crippen LogP contribution in [0.4, 0.5) is 5.69 Å². The molecule has 0 radical (unpaired) electrons. The zero-order chi connectivity index (χ0) is 27.7. The monoisotopic (exact) mass is 549 g/mol. The van der Waals surface area contributed by atoms with Crippen molar-refractivity contribution < 1.29 is 22.8 Å². The minimum Gasteiger partial charge on any atom is -0.351 e. The van der Waals surface area contributed by atoms with Gasteiger partial charge in [0.05, 0.1) is 11.3 Å². The zero-order valence-electron chi connectivity index (χ0n) is 21.9. The van der Waals surface area contributed by atoms with Gasteiger partial charge in [-0.15, -0.1) is 0 Å². The van der Waals surface area contributed by atoms with E-state index in [9.17, 15) is 22.8 Å². The number of anilines is 1. The van der Waals surface area contributed by atoms with Gasteiger partial charge in [-0.2, -0.15) is 5.10 Å². The number of benzene rings is 2. The van der Waals surface area contributed by atoms with Crippen LogP contribution in [-0.2, 0) is 26.7 Å². The summed E-state index contributed by atoms with van der Waals surface area (Å²) in [5.74, 6) is -1.86. The minimum absolute atomic E-state index is 0.0197. The molecule has 10 nitrogen and oxygen atoms in total. The van der Waals surface area contributed by atoms with Crippen LogP contribution in [0.1, 0.15) is 59.8 Å². The van der Waals surface area contributed by atoms with Crippen molar-refractivity contribution in [3.63, 3.8) is 0 Å². The third-order valence-corrected chi connectivity index (χ3v) is 9.09. The molecule has 1 aromatic heterocycles. The number of aryl methyl sites for hydroxylation is 2. The molecular formula is C28H31N5O5S. The van der Waals surface area contributed by atoms with Gasteiger partial charge in [0.25, 0.3) is 15.9 Å². The van der Waals surface area contributed by atoms with E-state index in [0.29, 0.717) is 21.2 Å². The molecule has 2 aromatic carbocycles. The number of rotatable bonds is 7. The molecule has 5 rings (SSSR count). The van der Waals surface area contributed by atoms with Crippen LogP contribution in [0.15, 0.2) is 65.7 Å². The van der Waals surface area contributed by atoms with Crippen molar-refractivity contribution in [2.75, 3.05) is 11.4 Å². The third kappa shape index (κ3) is 5.06. The maximum Gasteiger partial charge on any atom is 0.269 e. The lowest BCUT2D eigenvalue weighted by Gasteiger charge is -2.33. The summed E-state index contributed by atoms with van der Waals surface area (Å²) in [6.07, 6.45) is 6.53. The number of carbonyl (C=O) groups excluding carboxylic acids is 3. The number of sulfonamides is 1. The number of para-hydroxylation sites is 1. The quantitative estimate of drug-likeness (QED) is 0.483. The van der Waals surface area contributed by atoms with Crippen LogP contribution < -0.4 is 10.2 Å². The standard InChI is InChI=1S/C28H31N5O5S/c1-19-23(17-31(2)30-19)26(27(35)29-20-11-5-3-6-12-20)33(21-13-7-4-8-14-21)25(34)18-32-28(36)22-15-9-10-16-24(22)39(32,37)38/h4,7-10,13-17,20,26H,3,5-6,11-12,18H2,1-2H3,(H,29,35)/t26-/m0/s1. The van der Waals surface area contributed by atoms with Crippen LogP contribution in [0.5, 0.6) is 0 Å². The van der Waals surface area contributed by atoms with E-state index in [-0.39, 0.29) is 22.4 Å². The lowest BCUT2D eigenvalue weighted by molar-refractivity contribution is -0.127. The molecule has 1 saturated carbocycles. The fraction of sp³-hybridized carbons (Fsp3) is 0.357. The summed E-state index contributed by atoms with van der Waals surface area (Å²) >= 11 is 0. The highest BCUT2D eigenvalue weighted by Gasteiger charge is 2.44. The third-order valence-electron chi connectivity index (χ3n) is 7.30. The summed E-state index contributed by atoms with van der Waals surface area (Å²) in [4.78, 5) is 42.3. The molecule has 1 aliphatic carbocycles. The summed E-state index contributed by atoms with van der Waals surface area (Å²) in [5, 5.41) is 7.52. The fourth-order valence-electron chi connectivity index (χ4n) is 5.42. The summed E-state index contributed by atoms with van der Waals surface area (Å²) in [5.41, 5.74) is 1.50. The first kappa shape index (κ1) is 26.6. The van der Waals surface area contributed by atoms with E-state index in [4.69, 9.17) is 0 Å². The van der Waals surface area contributed by atoms with Crippen molar-refractivity contribution >= 4 is 33.4 Å². The van der Waals surface area contributed by atoms with Gasteiger partial charge in [-0.3, -0.25) is 24.0 Å². The molecule has 3 aromatic rings. The fourth-order valence-corrected chi connectivity index (χ4v) is 6.94. The summed E-state index contributed by atoms with van der Waals surface area (Å²) < 4.78 is 28.6. The number of amides is 3. The van der Waals surface area contributed by atoms with E-state index in [1.54, 1.807) is 61.2 Å². The van der Waals surface area contributed by atoms with Crippen LogP contribution in [0, 0.1) is 6.92 Å². The number of nitrogens with zero attached hydrogens (tertiary/aromatic N) is 4. The lowest BCUT2D eigenvalue weighted by Crippen LogP contribution is -2.50. The molecule has 1 N–H and O–H groups in total. The Kier molecular flexibility index (Phi) is 7.26. The van der Waals surface area contributed by atoms with Crippen molar-refractivity contribution in [3.05, 3.63) is 77.6 Å². The lowest BCUT2D eigenvalue weighted by atomic mass is 9.94. The molecular weight excluding hydrogens is 518 g/mol. The zero-order valence-corrected chi connectivity index (χ0v) is 22.7. The van der Waals surface area contributed by atoms with Gasteiger partial charge in [0.1, 0.15) is 17.5 Å². The predicted molar refractivity (Wildman–Crippen MR) is 144 cm³/mol. The average Bonchev–Trinajstić information content (AvgIpc) is 3.35. The normalized spacial score (nSPS) is 17.5. The molecule has 1 aliphatic heterocycles. The topological polar surface area (TPSA) is 122 Å². The Morgan fingerprint density at radius 1 is 1.05 bits per heavy atom. The number of carbonyl (C=O) groups is 3. The molecule has 204 valence electrons. The SMILES string of the molecule is Cc1nn(C)cc1[C@@H](C(=O)NC1CCCCC1)N(C(=O)CN1C(=O)c2ccccc2S1(=O)=O)c1ccccc1. The van der Waals surface area contributed by atoms with Crippen LogP contribution in [-0.4, -0.2) is 52.8 Å². The highest BCUT2D eigenvalue weighted by molar-refractivity contribution is 7.90. The Balaban J connectivity index is 1.55. The van der Waals surface area contributed by atoms with Gasteiger partial charge in [-0.05, 0) is 44.0 Å². The smallest absolute Gasteiger partial charge is 0.269 e. The van der Waals surface area contributed by atoms with E-state index in [1.165, 1.54) is 23.1 Å². The first-order chi connectivity index (χ1) is 18.7. The molecule has 0 saturated heterocycles. The summed E-state index contributed by atoms with van der Waals surface area (Å²) in [7, 11) is -2.49. The molecule has 2 aliphatic rings. The maximum absolute atomic E-state index is 14.1. The van der Waals surface area contributed by atoms with Gasteiger partial charge in [-0.1, -0.05) is 49.6 Å². The Bertz CT molecular complexity index is 1510. The summed E-state index contributed by atoms with van der Waals surface area (Å²) in [6, 6.07) is 13.3. The second kappa shape index (κ2) is 10.6. The van der Waals surface area contributed by atoms with Crippen molar-refractivity contribution in [3.8, 4) is 0 Å². The number of hydrogen-bond acceptors (Lipinski definition) is 6. The molecule has 2 heterocycles. The number of aromatic nitrogens is 2. The highest BCUT2D eigenvalue weighted by atomic mass is 32.2. The van der Waals surface area contributed by atoms with Crippen molar-refractivity contribution in [1.29, 1.82) is 0 Å². The first-order valence-electron chi connectivity index (χ1n) is 13.0. The molecule has 39 heavy (non-hydrogen) atoms. The maximum atomic E-state index is 14.1. The first-order valence-corrected chi connectivity index (χ1v) is 14.5. The second-order valence-corrected chi connectivity index (χ2v) is 11.8. The second-order valence-electron chi connectivity index (χ2n) is 10.0. The number of nitrogens with one attached hydrogen (secondary N) is 1. The molecule has 1 atom stereocenters. The largest absolute Gasteiger partial charge is 0.351 e. The van der Waals surface area contributed by atoms with E-state index < -0.39 is 34.4 Å². The molecule has 3 amide bonds. The Hall–Kier alpha value is -3.99. The van der Waals surface area contributed by atoms with Crippen LogP contribution in [0.25, 0.3) is 0 Å². The minimum atomic E-state index is -4.22. The van der Waals surface area contributed by atoms with Crippen molar-refractivity contribution in [1.82, 2.24) is 19.4 Å². The van der Waals surface area contributed by atoms with Gasteiger partial charge in [0.2, 0.25) is 11.8 Å². The van der Waals surface area contributed by atoms with Crippen LogP contribution in [0.3, 0.4) is 0 Å². The number of hydrogen-bond donors (Lipinski definition) is 1. The average molecular weight is 550 g/mol. The van der Waals surface area contributed by atoms with Crippen LogP contribution >= 0.6 is 0 Å². The van der Waals surface area contributed by atoms with Crippen molar-refractivity contribution in [2.24, 2.45) is 7.05 Å². The van der Waals surface area contributed by atoms with E-state index in [0.717, 1.165) is 32.1 Å². The summed E-state index contributed by atoms with van der Waals surface area (Å²) in [6.45, 7) is 1.01. The molecule has 0 bridgehead atoms. The number of fused-ring (bicyclic) bond motifs is 1. The van der Waals surface area contributed by atoms with Gasteiger partial charge >= 0.3 is 0 Å². The van der Waals surface area contributed by atoms with Gasteiger partial charge < -0.3 is 5.32 Å². The van der Waals surface area contributed by atoms with E-state index in [1.807, 2.05) is 0 Å².